The minimum Gasteiger partial charge on any atom is -0.497 e. The first-order valence-corrected chi connectivity index (χ1v) is 4.41. The molecular formula is C9H5FO2S. The first-order chi connectivity index (χ1) is 6.24. The van der Waals surface area contributed by atoms with E-state index in [-0.39, 0.29) is 5.06 Å². The third-order valence-corrected chi connectivity index (χ3v) is 2.83. The molecule has 66 valence electrons. The van der Waals surface area contributed by atoms with Crippen molar-refractivity contribution < 1.29 is 14.3 Å². The molecule has 0 amide bonds. The zero-order chi connectivity index (χ0) is 9.42. The lowest BCUT2D eigenvalue weighted by atomic mass is 10.2. The van der Waals surface area contributed by atoms with Crippen molar-refractivity contribution in [2.45, 2.75) is 0 Å². The number of halogens is 1. The van der Waals surface area contributed by atoms with Gasteiger partial charge in [-0.05, 0) is 0 Å². The van der Waals surface area contributed by atoms with Gasteiger partial charge in [0.25, 0.3) is 0 Å². The van der Waals surface area contributed by atoms with Crippen LogP contribution in [0.5, 0.6) is 5.06 Å². The van der Waals surface area contributed by atoms with Crippen LogP contribution in [-0.4, -0.2) is 11.4 Å². The maximum atomic E-state index is 13.1. The van der Waals surface area contributed by atoms with Crippen molar-refractivity contribution in [2.24, 2.45) is 0 Å². The molecule has 2 rings (SSSR count). The average molecular weight is 196 g/mol. The summed E-state index contributed by atoms with van der Waals surface area (Å²) in [5.74, 6) is -0.649. The molecule has 0 spiro atoms. The van der Waals surface area contributed by atoms with E-state index in [4.69, 9.17) is 5.11 Å². The lowest BCUT2D eigenvalue weighted by molar-refractivity contribution is 0.112. The number of hydrogen-bond donors (Lipinski definition) is 1. The molecule has 0 fully saturated rings. The second kappa shape index (κ2) is 2.81. The predicted molar refractivity (Wildman–Crippen MR) is 48.8 cm³/mol. The summed E-state index contributed by atoms with van der Waals surface area (Å²) in [6.45, 7) is 0. The van der Waals surface area contributed by atoms with E-state index in [1.807, 2.05) is 0 Å². The summed E-state index contributed by atoms with van der Waals surface area (Å²) in [6.07, 6.45) is 0.651. The molecule has 0 aliphatic rings. The number of carbonyl (C=O) groups is 1. The molecule has 0 atom stereocenters. The van der Waals surface area contributed by atoms with Gasteiger partial charge < -0.3 is 5.11 Å². The molecule has 0 aliphatic heterocycles. The Morgan fingerprint density at radius 2 is 2.23 bits per heavy atom. The van der Waals surface area contributed by atoms with Gasteiger partial charge in [0, 0.05) is 10.9 Å². The van der Waals surface area contributed by atoms with Crippen LogP contribution in [0.1, 0.15) is 10.4 Å². The van der Waals surface area contributed by atoms with Gasteiger partial charge in [-0.15, -0.1) is 0 Å². The van der Waals surface area contributed by atoms with Crippen molar-refractivity contribution >= 4 is 27.7 Å². The maximum Gasteiger partial charge on any atom is 0.209 e. The highest BCUT2D eigenvalue weighted by Crippen LogP contribution is 2.36. The van der Waals surface area contributed by atoms with Crippen LogP contribution >= 0.6 is 11.3 Å². The van der Waals surface area contributed by atoms with Crippen LogP contribution in [0.4, 0.5) is 4.39 Å². The van der Waals surface area contributed by atoms with Crippen molar-refractivity contribution in [3.05, 3.63) is 29.6 Å². The van der Waals surface area contributed by atoms with Gasteiger partial charge in [0.1, 0.15) is 0 Å². The Balaban J connectivity index is 2.92. The fraction of sp³-hybridized carbons (Fsp3) is 0. The minimum absolute atomic E-state index is 0.298. The molecule has 2 aromatic rings. The molecule has 0 bridgehead atoms. The molecule has 1 heterocycles. The van der Waals surface area contributed by atoms with Crippen LogP contribution in [0.25, 0.3) is 10.1 Å². The number of thiophene rings is 1. The molecule has 0 aliphatic carbocycles. The fourth-order valence-electron chi connectivity index (χ4n) is 1.19. The van der Waals surface area contributed by atoms with Crippen molar-refractivity contribution in [3.8, 4) is 5.06 Å². The standard InChI is InChI=1S/C9H5FO2S/c10-7-6-3-1-2-5(4-11)8(6)13-9(7)12/h1-4,12H. The number of hydrogen-bond acceptors (Lipinski definition) is 3. The van der Waals surface area contributed by atoms with Crippen LogP contribution in [0.2, 0.25) is 0 Å². The van der Waals surface area contributed by atoms with Crippen LogP contribution in [0, 0.1) is 5.82 Å². The molecule has 1 aromatic heterocycles. The van der Waals surface area contributed by atoms with Crippen molar-refractivity contribution in [1.29, 1.82) is 0 Å². The third-order valence-electron chi connectivity index (χ3n) is 1.80. The van der Waals surface area contributed by atoms with Gasteiger partial charge in [-0.25, -0.2) is 4.39 Å². The molecule has 2 nitrogen and oxygen atoms in total. The summed E-state index contributed by atoms with van der Waals surface area (Å²) in [5, 5.41) is 9.02. The highest BCUT2D eigenvalue weighted by Gasteiger charge is 2.12. The number of fused-ring (bicyclic) bond motifs is 1. The predicted octanol–water partition coefficient (Wildman–Crippen LogP) is 2.56. The Bertz CT molecular complexity index is 476. The van der Waals surface area contributed by atoms with E-state index in [9.17, 15) is 9.18 Å². The third kappa shape index (κ3) is 1.10. The Labute approximate surface area is 77.2 Å². The van der Waals surface area contributed by atoms with Gasteiger partial charge in [-0.1, -0.05) is 29.5 Å². The first-order valence-electron chi connectivity index (χ1n) is 3.59. The largest absolute Gasteiger partial charge is 0.497 e. The molecule has 0 saturated carbocycles. The Kier molecular flexibility index (Phi) is 1.77. The molecule has 0 unspecified atom stereocenters. The summed E-state index contributed by atoms with van der Waals surface area (Å²) in [5.41, 5.74) is 0.404. The SMILES string of the molecule is O=Cc1cccc2c(F)c(O)sc12. The minimum atomic E-state index is -0.649. The van der Waals surface area contributed by atoms with Gasteiger partial charge in [-0.3, -0.25) is 4.79 Å². The topological polar surface area (TPSA) is 37.3 Å². The van der Waals surface area contributed by atoms with Gasteiger partial charge >= 0.3 is 0 Å². The number of benzene rings is 1. The Morgan fingerprint density at radius 3 is 2.92 bits per heavy atom. The van der Waals surface area contributed by atoms with Crippen molar-refractivity contribution in [1.82, 2.24) is 0 Å². The monoisotopic (exact) mass is 196 g/mol. The molecular weight excluding hydrogens is 191 g/mol. The normalized spacial score (nSPS) is 10.5. The number of aromatic hydroxyl groups is 1. The smallest absolute Gasteiger partial charge is 0.209 e. The Hall–Kier alpha value is -1.42. The van der Waals surface area contributed by atoms with Crippen molar-refractivity contribution in [2.75, 3.05) is 0 Å². The van der Waals surface area contributed by atoms with Gasteiger partial charge in [0.15, 0.2) is 12.1 Å². The highest BCUT2D eigenvalue weighted by molar-refractivity contribution is 7.21. The Morgan fingerprint density at radius 1 is 1.46 bits per heavy atom. The first kappa shape index (κ1) is 8.19. The van der Waals surface area contributed by atoms with Gasteiger partial charge in [0.2, 0.25) is 5.06 Å². The van der Waals surface area contributed by atoms with E-state index in [0.29, 0.717) is 21.9 Å². The van der Waals surface area contributed by atoms with E-state index >= 15 is 0 Å². The number of carbonyl (C=O) groups excluding carboxylic acids is 1. The van der Waals surface area contributed by atoms with Gasteiger partial charge in [-0.2, -0.15) is 0 Å². The molecule has 0 saturated heterocycles. The zero-order valence-electron chi connectivity index (χ0n) is 6.45. The molecule has 1 aromatic carbocycles. The van der Waals surface area contributed by atoms with Crippen LogP contribution in [-0.2, 0) is 0 Å². The summed E-state index contributed by atoms with van der Waals surface area (Å²) < 4.78 is 13.6. The second-order valence-electron chi connectivity index (χ2n) is 2.56. The van der Waals surface area contributed by atoms with E-state index in [1.165, 1.54) is 6.07 Å². The maximum absolute atomic E-state index is 13.1. The fourth-order valence-corrected chi connectivity index (χ4v) is 2.09. The second-order valence-corrected chi connectivity index (χ2v) is 3.56. The van der Waals surface area contributed by atoms with E-state index in [2.05, 4.69) is 0 Å². The van der Waals surface area contributed by atoms with Crippen LogP contribution in [0.15, 0.2) is 18.2 Å². The quantitative estimate of drug-likeness (QED) is 0.711. The van der Waals surface area contributed by atoms with Crippen LogP contribution < -0.4 is 0 Å². The summed E-state index contributed by atoms with van der Waals surface area (Å²) >= 11 is 0.879. The zero-order valence-corrected chi connectivity index (χ0v) is 7.27. The molecule has 0 radical (unpaired) electrons. The van der Waals surface area contributed by atoms with Gasteiger partial charge in [0.05, 0.1) is 4.70 Å². The summed E-state index contributed by atoms with van der Waals surface area (Å²) in [4.78, 5) is 10.5. The molecule has 1 N–H and O–H groups in total. The highest BCUT2D eigenvalue weighted by atomic mass is 32.1. The van der Waals surface area contributed by atoms with E-state index < -0.39 is 5.82 Å². The molecule has 13 heavy (non-hydrogen) atoms. The summed E-state index contributed by atoms with van der Waals surface area (Å²) in [6, 6.07) is 4.71. The van der Waals surface area contributed by atoms with E-state index in [0.717, 1.165) is 11.3 Å². The van der Waals surface area contributed by atoms with Crippen LogP contribution in [0.3, 0.4) is 0 Å². The van der Waals surface area contributed by atoms with E-state index in [1.54, 1.807) is 12.1 Å². The van der Waals surface area contributed by atoms with Crippen molar-refractivity contribution in [3.63, 3.8) is 0 Å². The summed E-state index contributed by atoms with van der Waals surface area (Å²) in [7, 11) is 0. The number of rotatable bonds is 1. The lowest BCUT2D eigenvalue weighted by Gasteiger charge is -1.91. The number of aldehydes is 1. The molecule has 4 heteroatoms. The lowest BCUT2D eigenvalue weighted by Crippen LogP contribution is -1.78. The average Bonchev–Trinajstić information content (AvgIpc) is 2.43.